The lowest BCUT2D eigenvalue weighted by Gasteiger charge is -2.32. The Morgan fingerprint density at radius 2 is 1.88 bits per heavy atom. The summed E-state index contributed by atoms with van der Waals surface area (Å²) in [5.74, 6) is 2.58. The molecule has 142 valence electrons. The van der Waals surface area contributed by atoms with Crippen molar-refractivity contribution < 1.29 is 9.47 Å². The van der Waals surface area contributed by atoms with E-state index in [0.717, 1.165) is 56.3 Å². The number of hydrogen-bond acceptors (Lipinski definition) is 3. The van der Waals surface area contributed by atoms with Crippen LogP contribution < -0.4 is 9.47 Å². The van der Waals surface area contributed by atoms with Gasteiger partial charge in [0.25, 0.3) is 0 Å². The van der Waals surface area contributed by atoms with E-state index in [0.29, 0.717) is 0 Å². The molecule has 1 fully saturated rings. The third-order valence-electron chi connectivity index (χ3n) is 4.72. The highest BCUT2D eigenvalue weighted by Crippen LogP contribution is 2.26. The number of benzene rings is 1. The second kappa shape index (κ2) is 10.3. The molecule has 0 saturated carbocycles. The van der Waals surface area contributed by atoms with Crippen LogP contribution in [0.25, 0.3) is 0 Å². The largest absolute Gasteiger partial charge is 0.489 e. The first-order valence-corrected chi connectivity index (χ1v) is 10.3. The number of ether oxygens (including phenoxy) is 2. The van der Waals surface area contributed by atoms with E-state index in [9.17, 15) is 0 Å². The van der Waals surface area contributed by atoms with Crippen LogP contribution in [-0.4, -0.2) is 42.1 Å². The van der Waals surface area contributed by atoms with Crippen LogP contribution in [0, 0.1) is 0 Å². The van der Waals surface area contributed by atoms with Gasteiger partial charge in [-0.2, -0.15) is 0 Å². The van der Waals surface area contributed by atoms with Gasteiger partial charge in [-0.05, 0) is 83.3 Å². The summed E-state index contributed by atoms with van der Waals surface area (Å²) in [7, 11) is 0. The Labute approximate surface area is 158 Å². The smallest absolute Gasteiger partial charge is 0.120 e. The van der Waals surface area contributed by atoms with Crippen molar-refractivity contribution >= 4 is 11.6 Å². The summed E-state index contributed by atoms with van der Waals surface area (Å²) < 4.78 is 12.3. The zero-order chi connectivity index (χ0) is 18.1. The second-order valence-corrected chi connectivity index (χ2v) is 8.04. The summed E-state index contributed by atoms with van der Waals surface area (Å²) >= 11 is 5.81. The van der Waals surface area contributed by atoms with Gasteiger partial charge in [0.05, 0.1) is 0 Å². The minimum absolute atomic E-state index is 0.120. The van der Waals surface area contributed by atoms with Crippen molar-refractivity contribution in [2.75, 3.05) is 25.5 Å². The molecule has 0 amide bonds. The number of rotatable bonds is 10. The quantitative estimate of drug-likeness (QED) is 0.509. The fourth-order valence-corrected chi connectivity index (χ4v) is 3.47. The van der Waals surface area contributed by atoms with Crippen LogP contribution in [0.1, 0.15) is 59.3 Å². The Morgan fingerprint density at radius 1 is 1.16 bits per heavy atom. The highest BCUT2D eigenvalue weighted by Gasteiger charge is 2.21. The van der Waals surface area contributed by atoms with Gasteiger partial charge in [0.1, 0.15) is 23.2 Å². The van der Waals surface area contributed by atoms with E-state index in [2.05, 4.69) is 25.7 Å². The maximum atomic E-state index is 6.19. The van der Waals surface area contributed by atoms with Crippen molar-refractivity contribution in [3.63, 3.8) is 0 Å². The molecule has 1 aliphatic rings. The molecule has 3 nitrogen and oxygen atoms in total. The molecule has 0 radical (unpaired) electrons. The zero-order valence-corrected chi connectivity index (χ0v) is 16.9. The third-order valence-corrected chi connectivity index (χ3v) is 4.99. The summed E-state index contributed by atoms with van der Waals surface area (Å²) in [5, 5.41) is 0. The van der Waals surface area contributed by atoms with E-state index in [1.165, 1.54) is 19.3 Å². The lowest BCUT2D eigenvalue weighted by atomic mass is 10.0. The monoisotopic (exact) mass is 367 g/mol. The van der Waals surface area contributed by atoms with Gasteiger partial charge in [0.2, 0.25) is 0 Å². The molecule has 0 aliphatic carbocycles. The Bertz CT molecular complexity index is 489. The summed E-state index contributed by atoms with van der Waals surface area (Å²) in [4.78, 5) is 2.46. The molecule has 0 bridgehead atoms. The van der Waals surface area contributed by atoms with Gasteiger partial charge in [-0.3, -0.25) is 4.90 Å². The molecule has 0 aromatic heterocycles. The highest BCUT2D eigenvalue weighted by molar-refractivity contribution is 6.17. The van der Waals surface area contributed by atoms with Gasteiger partial charge >= 0.3 is 0 Å². The standard InChI is InChI=1S/C21H34ClNO2/c1-4-5-13-21(2,3)25-19-11-9-18(10-12-19)24-20-8-6-15-23(17-20)16-7-14-22/h9-12,20H,4-8,13-17H2,1-3H3/t20-/m0/s1. The number of alkyl halides is 1. The number of likely N-dealkylation sites (tertiary alicyclic amines) is 1. The fourth-order valence-electron chi connectivity index (χ4n) is 3.35. The topological polar surface area (TPSA) is 21.7 Å². The van der Waals surface area contributed by atoms with Crippen molar-refractivity contribution in [1.29, 1.82) is 0 Å². The van der Waals surface area contributed by atoms with E-state index in [1.54, 1.807) is 0 Å². The van der Waals surface area contributed by atoms with E-state index in [1.807, 2.05) is 24.3 Å². The highest BCUT2D eigenvalue weighted by atomic mass is 35.5. The number of piperidine rings is 1. The number of hydrogen-bond donors (Lipinski definition) is 0. The number of unbranched alkanes of at least 4 members (excludes halogenated alkanes) is 1. The Balaban J connectivity index is 1.83. The molecule has 1 heterocycles. The summed E-state index contributed by atoms with van der Waals surface area (Å²) in [6.45, 7) is 9.76. The van der Waals surface area contributed by atoms with Crippen molar-refractivity contribution in [1.82, 2.24) is 4.90 Å². The van der Waals surface area contributed by atoms with Gasteiger partial charge in [0, 0.05) is 12.4 Å². The minimum Gasteiger partial charge on any atom is -0.489 e. The van der Waals surface area contributed by atoms with Crippen LogP contribution in [-0.2, 0) is 0 Å². The average Bonchev–Trinajstić information content (AvgIpc) is 2.60. The van der Waals surface area contributed by atoms with E-state index in [-0.39, 0.29) is 11.7 Å². The van der Waals surface area contributed by atoms with Crippen molar-refractivity contribution in [3.05, 3.63) is 24.3 Å². The summed E-state index contributed by atoms with van der Waals surface area (Å²) in [5.41, 5.74) is -0.120. The van der Waals surface area contributed by atoms with Crippen LogP contribution in [0.15, 0.2) is 24.3 Å². The SMILES string of the molecule is CCCCC(C)(C)Oc1ccc(O[C@H]2CCCN(CCCCl)C2)cc1. The van der Waals surface area contributed by atoms with E-state index >= 15 is 0 Å². The normalized spacial score (nSPS) is 19.0. The first-order valence-electron chi connectivity index (χ1n) is 9.76. The van der Waals surface area contributed by atoms with Crippen molar-refractivity contribution in [3.8, 4) is 11.5 Å². The lowest BCUT2D eigenvalue weighted by molar-refractivity contribution is 0.0873. The molecule has 0 unspecified atom stereocenters. The molecule has 0 spiro atoms. The molecule has 1 aromatic carbocycles. The molecule has 25 heavy (non-hydrogen) atoms. The van der Waals surface area contributed by atoms with Crippen LogP contribution >= 0.6 is 11.6 Å². The molecular weight excluding hydrogens is 334 g/mol. The van der Waals surface area contributed by atoms with Gasteiger partial charge in [-0.15, -0.1) is 11.6 Å². The molecule has 1 aromatic rings. The molecular formula is C21H34ClNO2. The van der Waals surface area contributed by atoms with Gasteiger partial charge < -0.3 is 9.47 Å². The average molecular weight is 368 g/mol. The first kappa shape index (κ1) is 20.4. The zero-order valence-electron chi connectivity index (χ0n) is 16.1. The van der Waals surface area contributed by atoms with Gasteiger partial charge in [-0.1, -0.05) is 13.3 Å². The molecule has 2 rings (SSSR count). The minimum atomic E-state index is -0.120. The van der Waals surface area contributed by atoms with Crippen molar-refractivity contribution in [2.45, 2.75) is 71.0 Å². The predicted molar refractivity (Wildman–Crippen MR) is 106 cm³/mol. The number of halogens is 1. The Morgan fingerprint density at radius 3 is 2.56 bits per heavy atom. The Kier molecular flexibility index (Phi) is 8.38. The first-order chi connectivity index (χ1) is 12.0. The fraction of sp³-hybridized carbons (Fsp3) is 0.714. The lowest BCUT2D eigenvalue weighted by Crippen LogP contribution is -2.41. The molecule has 4 heteroatoms. The van der Waals surface area contributed by atoms with Gasteiger partial charge in [0.15, 0.2) is 0 Å². The Hall–Kier alpha value is -0.930. The van der Waals surface area contributed by atoms with Crippen LogP contribution in [0.4, 0.5) is 0 Å². The molecule has 1 aliphatic heterocycles. The third kappa shape index (κ3) is 7.45. The molecule has 1 atom stereocenters. The van der Waals surface area contributed by atoms with E-state index < -0.39 is 0 Å². The van der Waals surface area contributed by atoms with Crippen molar-refractivity contribution in [2.24, 2.45) is 0 Å². The molecule has 1 saturated heterocycles. The predicted octanol–water partition coefficient (Wildman–Crippen LogP) is 5.51. The van der Waals surface area contributed by atoms with Crippen LogP contribution in [0.2, 0.25) is 0 Å². The summed E-state index contributed by atoms with van der Waals surface area (Å²) in [6.07, 6.45) is 7.10. The van der Waals surface area contributed by atoms with Crippen LogP contribution in [0.5, 0.6) is 11.5 Å². The molecule has 0 N–H and O–H groups in total. The van der Waals surface area contributed by atoms with Crippen LogP contribution in [0.3, 0.4) is 0 Å². The second-order valence-electron chi connectivity index (χ2n) is 7.66. The van der Waals surface area contributed by atoms with Gasteiger partial charge in [-0.25, -0.2) is 0 Å². The van der Waals surface area contributed by atoms with E-state index in [4.69, 9.17) is 21.1 Å². The number of nitrogens with zero attached hydrogens (tertiary/aromatic N) is 1. The summed E-state index contributed by atoms with van der Waals surface area (Å²) in [6, 6.07) is 8.11. The maximum Gasteiger partial charge on any atom is 0.120 e. The maximum absolute atomic E-state index is 6.19.